The average Bonchev–Trinajstić information content (AvgIpc) is 2.76. The smallest absolute Gasteiger partial charge is 0.362 e. The van der Waals surface area contributed by atoms with E-state index in [4.69, 9.17) is 15.3 Å². The second-order valence-electron chi connectivity index (χ2n) is 5.90. The number of nitrogens with zero attached hydrogens (tertiary/aromatic N) is 2. The van der Waals surface area contributed by atoms with Crippen LogP contribution in [0.15, 0.2) is 83.0 Å². The predicted molar refractivity (Wildman–Crippen MR) is 108 cm³/mol. The zero-order valence-electron chi connectivity index (χ0n) is 15.5. The van der Waals surface area contributed by atoms with Gasteiger partial charge in [-0.25, -0.2) is 10.3 Å². The van der Waals surface area contributed by atoms with Crippen molar-refractivity contribution in [2.45, 2.75) is 0 Å². The summed E-state index contributed by atoms with van der Waals surface area (Å²) < 4.78 is 5.04. The van der Waals surface area contributed by atoms with Crippen molar-refractivity contribution < 1.29 is 19.2 Å². The Hall–Kier alpha value is -4.20. The molecule has 0 unspecified atom stereocenters. The summed E-state index contributed by atoms with van der Waals surface area (Å²) in [6.07, 6.45) is 0. The van der Waals surface area contributed by atoms with Gasteiger partial charge >= 0.3 is 5.97 Å². The zero-order chi connectivity index (χ0) is 20.6. The molecule has 3 rings (SSSR count). The van der Waals surface area contributed by atoms with E-state index < -0.39 is 11.9 Å². The van der Waals surface area contributed by atoms with Gasteiger partial charge in [-0.1, -0.05) is 6.07 Å². The third kappa shape index (κ3) is 5.39. The molecule has 0 aromatic heterocycles. The quantitative estimate of drug-likeness (QED) is 0.366. The number of hydrogen-bond acceptors (Lipinski definition) is 7. The third-order valence-electron chi connectivity index (χ3n) is 3.84. The Balaban J connectivity index is 1.55. The Morgan fingerprint density at radius 1 is 0.931 bits per heavy atom. The Kier molecular flexibility index (Phi) is 6.16. The van der Waals surface area contributed by atoms with E-state index in [9.17, 15) is 9.59 Å². The highest BCUT2D eigenvalue weighted by Gasteiger charge is 2.08. The maximum absolute atomic E-state index is 12.0. The molecule has 8 heteroatoms. The SMILES string of the molecule is COc1ccc(C(=O)ONc2ccc(N=NC(=O)c3cccc(N)c3)cc2)cc1. The molecule has 3 N–H and O–H groups in total. The number of carbonyl (C=O) groups is 2. The van der Waals surface area contributed by atoms with Gasteiger partial charge in [-0.15, -0.1) is 10.2 Å². The van der Waals surface area contributed by atoms with Crippen molar-refractivity contribution in [3.63, 3.8) is 0 Å². The number of carbonyl (C=O) groups excluding carboxylic acids is 2. The second-order valence-corrected chi connectivity index (χ2v) is 5.90. The number of hydrogen-bond donors (Lipinski definition) is 2. The molecule has 0 radical (unpaired) electrons. The molecule has 0 spiro atoms. The van der Waals surface area contributed by atoms with Gasteiger partial charge in [0.15, 0.2) is 0 Å². The molecule has 0 aliphatic rings. The first-order valence-electron chi connectivity index (χ1n) is 8.58. The summed E-state index contributed by atoms with van der Waals surface area (Å²) in [6, 6.07) is 19.6. The van der Waals surface area contributed by atoms with Crippen LogP contribution in [-0.2, 0) is 4.84 Å². The van der Waals surface area contributed by atoms with Crippen LogP contribution < -0.4 is 16.0 Å². The summed E-state index contributed by atoms with van der Waals surface area (Å²) in [6.45, 7) is 0. The molecule has 8 nitrogen and oxygen atoms in total. The number of amides is 1. The summed E-state index contributed by atoms with van der Waals surface area (Å²) in [4.78, 5) is 29.1. The molecule has 3 aromatic carbocycles. The van der Waals surface area contributed by atoms with Crippen molar-refractivity contribution >= 4 is 28.9 Å². The number of rotatable bonds is 6. The number of anilines is 2. The monoisotopic (exact) mass is 390 g/mol. The molecule has 0 heterocycles. The predicted octanol–water partition coefficient (Wildman–Crippen LogP) is 4.39. The van der Waals surface area contributed by atoms with Crippen LogP contribution in [0.2, 0.25) is 0 Å². The Labute approximate surface area is 166 Å². The zero-order valence-corrected chi connectivity index (χ0v) is 15.5. The van der Waals surface area contributed by atoms with Crippen molar-refractivity contribution in [1.29, 1.82) is 0 Å². The van der Waals surface area contributed by atoms with E-state index in [-0.39, 0.29) is 0 Å². The Morgan fingerprint density at radius 2 is 1.66 bits per heavy atom. The van der Waals surface area contributed by atoms with Crippen LogP contribution in [0.5, 0.6) is 5.75 Å². The summed E-state index contributed by atoms with van der Waals surface area (Å²) in [5.41, 5.74) is 10.4. The highest BCUT2D eigenvalue weighted by atomic mass is 16.7. The topological polar surface area (TPSA) is 115 Å². The van der Waals surface area contributed by atoms with Gasteiger partial charge in [0.2, 0.25) is 0 Å². The summed E-state index contributed by atoms with van der Waals surface area (Å²) >= 11 is 0. The highest BCUT2D eigenvalue weighted by molar-refractivity contribution is 5.95. The minimum Gasteiger partial charge on any atom is -0.497 e. The largest absolute Gasteiger partial charge is 0.497 e. The number of nitrogen functional groups attached to an aromatic ring is 1. The van der Waals surface area contributed by atoms with E-state index in [2.05, 4.69) is 15.7 Å². The molecule has 0 bridgehead atoms. The number of azo groups is 1. The van der Waals surface area contributed by atoms with Crippen LogP contribution in [0, 0.1) is 0 Å². The summed E-state index contributed by atoms with van der Waals surface area (Å²) in [5.74, 6) is -0.384. The van der Waals surface area contributed by atoms with Crippen molar-refractivity contribution in [2.75, 3.05) is 18.3 Å². The van der Waals surface area contributed by atoms with Crippen LogP contribution in [0.3, 0.4) is 0 Å². The molecule has 0 saturated heterocycles. The molecule has 146 valence electrons. The van der Waals surface area contributed by atoms with Crippen molar-refractivity contribution in [1.82, 2.24) is 0 Å². The van der Waals surface area contributed by atoms with E-state index in [1.807, 2.05) is 0 Å². The number of ether oxygens (including phenoxy) is 1. The lowest BCUT2D eigenvalue weighted by Crippen LogP contribution is -2.10. The lowest BCUT2D eigenvalue weighted by Gasteiger charge is -2.07. The highest BCUT2D eigenvalue weighted by Crippen LogP contribution is 2.18. The molecule has 3 aromatic rings. The van der Waals surface area contributed by atoms with Crippen molar-refractivity contribution in [3.8, 4) is 5.75 Å². The van der Waals surface area contributed by atoms with E-state index in [1.165, 1.54) is 6.07 Å². The Morgan fingerprint density at radius 3 is 2.31 bits per heavy atom. The van der Waals surface area contributed by atoms with E-state index in [0.29, 0.717) is 33.9 Å². The van der Waals surface area contributed by atoms with Crippen LogP contribution >= 0.6 is 0 Å². The van der Waals surface area contributed by atoms with Crippen LogP contribution in [0.25, 0.3) is 0 Å². The fourth-order valence-corrected chi connectivity index (χ4v) is 2.32. The average molecular weight is 390 g/mol. The first-order chi connectivity index (χ1) is 14.0. The van der Waals surface area contributed by atoms with E-state index >= 15 is 0 Å². The van der Waals surface area contributed by atoms with Gasteiger partial charge in [-0.05, 0) is 66.7 Å². The van der Waals surface area contributed by atoms with Crippen LogP contribution in [-0.4, -0.2) is 19.0 Å². The van der Waals surface area contributed by atoms with Crippen molar-refractivity contribution in [2.24, 2.45) is 10.2 Å². The van der Waals surface area contributed by atoms with Crippen LogP contribution in [0.4, 0.5) is 17.1 Å². The lowest BCUT2D eigenvalue weighted by molar-refractivity contribution is 0.0596. The minimum atomic E-state index is -0.538. The Bertz CT molecular complexity index is 1030. The molecular weight excluding hydrogens is 372 g/mol. The van der Waals surface area contributed by atoms with Gasteiger partial charge in [-0.3, -0.25) is 4.79 Å². The molecule has 0 atom stereocenters. The van der Waals surface area contributed by atoms with Gasteiger partial charge in [0.25, 0.3) is 5.91 Å². The number of nitrogens with two attached hydrogens (primary N) is 1. The second kappa shape index (κ2) is 9.14. The standard InChI is InChI=1S/C21H18N4O4/c1-28-19-11-5-14(6-12-19)21(27)29-25-18-9-7-17(8-10-18)23-24-20(26)15-3-2-4-16(22)13-15/h2-13,25H,22H2,1H3. The number of methoxy groups -OCH3 is 1. The van der Waals surface area contributed by atoms with E-state index in [0.717, 1.165) is 0 Å². The molecular formula is C21H18N4O4. The molecule has 0 aliphatic carbocycles. The van der Waals surface area contributed by atoms with E-state index in [1.54, 1.807) is 73.8 Å². The maximum atomic E-state index is 12.0. The van der Waals surface area contributed by atoms with Gasteiger partial charge in [-0.2, -0.15) is 0 Å². The van der Waals surface area contributed by atoms with Crippen LogP contribution in [0.1, 0.15) is 20.7 Å². The molecule has 0 saturated carbocycles. The van der Waals surface area contributed by atoms with Gasteiger partial charge in [0, 0.05) is 11.3 Å². The van der Waals surface area contributed by atoms with Gasteiger partial charge in [0.05, 0.1) is 24.0 Å². The van der Waals surface area contributed by atoms with Gasteiger partial charge < -0.3 is 15.3 Å². The molecule has 1 amide bonds. The van der Waals surface area contributed by atoms with Crippen molar-refractivity contribution in [3.05, 3.63) is 83.9 Å². The normalized spacial score (nSPS) is 10.5. The fourth-order valence-electron chi connectivity index (χ4n) is 2.32. The first-order valence-corrected chi connectivity index (χ1v) is 8.58. The van der Waals surface area contributed by atoms with Gasteiger partial charge in [0.1, 0.15) is 5.75 Å². The third-order valence-corrected chi connectivity index (χ3v) is 3.84. The maximum Gasteiger partial charge on any atom is 0.362 e. The number of benzene rings is 3. The summed E-state index contributed by atoms with van der Waals surface area (Å²) in [5, 5.41) is 7.58. The fraction of sp³-hybridized carbons (Fsp3) is 0.0476. The first kappa shape index (κ1) is 19.6. The number of nitrogens with one attached hydrogen (secondary N) is 1. The molecule has 0 aliphatic heterocycles. The molecule has 0 fully saturated rings. The summed E-state index contributed by atoms with van der Waals surface area (Å²) in [7, 11) is 1.55. The lowest BCUT2D eigenvalue weighted by atomic mass is 10.2. The molecule has 29 heavy (non-hydrogen) atoms. The minimum absolute atomic E-state index is 0.359.